The van der Waals surface area contributed by atoms with E-state index in [2.05, 4.69) is 0 Å². The van der Waals surface area contributed by atoms with Crippen LogP contribution >= 0.6 is 89.3 Å². The summed E-state index contributed by atoms with van der Waals surface area (Å²) in [5, 5.41) is 0. The van der Waals surface area contributed by atoms with E-state index in [1.54, 1.807) is 0 Å². The standard InChI is InChI=1S/Cl3P.4ClH.H4Si/c1-4(2)3;;;;;/h;4*1H;1H4. The average molecular weight is 315 g/mol. The molecular formula is H8Cl7PSi. The molecule has 0 radical (unpaired) electrons. The van der Waals surface area contributed by atoms with Crippen LogP contribution < -0.4 is 0 Å². The van der Waals surface area contributed by atoms with Crippen LogP contribution in [0.15, 0.2) is 0 Å². The molecule has 66 valence electrons. The quantitative estimate of drug-likeness (QED) is 0.476. The highest BCUT2D eigenvalue weighted by Gasteiger charge is 1.80. The summed E-state index contributed by atoms with van der Waals surface area (Å²) in [7, 11) is 0. The van der Waals surface area contributed by atoms with Crippen LogP contribution in [-0.4, -0.2) is 11.0 Å². The maximum atomic E-state index is 4.87. The van der Waals surface area contributed by atoms with Crippen molar-refractivity contribution < 1.29 is 0 Å². The molecule has 0 rings (SSSR count). The predicted octanol–water partition coefficient (Wildman–Crippen LogP) is 3.17. The Morgan fingerprint density at radius 3 is 0.667 bits per heavy atom. The minimum Gasteiger partial charge on any atom is -0.147 e. The molecule has 0 unspecified atom stereocenters. The lowest BCUT2D eigenvalue weighted by Crippen LogP contribution is -0.958. The van der Waals surface area contributed by atoms with Gasteiger partial charge < -0.3 is 0 Å². The predicted molar refractivity (Wildman–Crippen MR) is 64.8 cm³/mol. The number of halogens is 7. The van der Waals surface area contributed by atoms with Crippen molar-refractivity contribution in [2.24, 2.45) is 0 Å². The van der Waals surface area contributed by atoms with Gasteiger partial charge in [0.25, 0.3) is 0 Å². The molecule has 0 heterocycles. The van der Waals surface area contributed by atoms with Crippen molar-refractivity contribution in [1.82, 2.24) is 0 Å². The summed E-state index contributed by atoms with van der Waals surface area (Å²) in [6.07, 6.45) is 0. The van der Waals surface area contributed by atoms with Crippen molar-refractivity contribution in [1.29, 1.82) is 0 Å². The van der Waals surface area contributed by atoms with Crippen molar-refractivity contribution in [3.8, 4) is 0 Å². The van der Waals surface area contributed by atoms with Crippen LogP contribution in [0.4, 0.5) is 0 Å². The van der Waals surface area contributed by atoms with Crippen molar-refractivity contribution in [2.45, 2.75) is 0 Å². The van der Waals surface area contributed by atoms with Gasteiger partial charge in [-0.3, -0.25) is 0 Å². The summed E-state index contributed by atoms with van der Waals surface area (Å²) >= 11 is 14.6. The van der Waals surface area contributed by atoms with Crippen molar-refractivity contribution >= 4 is 100 Å². The first kappa shape index (κ1) is 41.3. The van der Waals surface area contributed by atoms with Gasteiger partial charge in [-0.2, -0.15) is 0 Å². The number of hydrogen-bond acceptors (Lipinski definition) is 0. The molecule has 0 fully saturated rings. The Morgan fingerprint density at radius 1 is 0.667 bits per heavy atom. The summed E-state index contributed by atoms with van der Waals surface area (Å²) in [5.41, 5.74) is 0. The third-order valence-corrected chi connectivity index (χ3v) is 0. The van der Waals surface area contributed by atoms with Crippen molar-refractivity contribution in [2.75, 3.05) is 0 Å². The molecule has 0 aromatic carbocycles. The Morgan fingerprint density at radius 2 is 0.667 bits per heavy atom. The first-order valence-corrected chi connectivity index (χ1v) is 4.56. The third-order valence-electron chi connectivity index (χ3n) is 0. The van der Waals surface area contributed by atoms with Crippen LogP contribution in [0.2, 0.25) is 0 Å². The van der Waals surface area contributed by atoms with Gasteiger partial charge in [-0.25, -0.2) is 0 Å². The fourth-order valence-corrected chi connectivity index (χ4v) is 0. The van der Waals surface area contributed by atoms with Gasteiger partial charge in [0, 0.05) is 0 Å². The molecule has 0 aliphatic heterocycles. The van der Waals surface area contributed by atoms with Gasteiger partial charge >= 0.3 is 0 Å². The fourth-order valence-electron chi connectivity index (χ4n) is 0. The molecule has 0 nitrogen and oxygen atoms in total. The second-order valence-corrected chi connectivity index (χ2v) is 5.17. The second-order valence-electron chi connectivity index (χ2n) is 0.192. The molecular weight excluding hydrogens is 307 g/mol. The molecule has 0 aromatic rings. The van der Waals surface area contributed by atoms with E-state index in [0.717, 1.165) is 0 Å². The first-order valence-electron chi connectivity index (χ1n) is 0.507. The number of hydrogen-bond donors (Lipinski definition) is 0. The Balaban J connectivity index is -0.00000000450. The van der Waals surface area contributed by atoms with Gasteiger partial charge in [0.2, 0.25) is 0 Å². The van der Waals surface area contributed by atoms with Crippen LogP contribution in [-0.2, 0) is 0 Å². The Kier molecular flexibility index (Phi) is 142. The number of rotatable bonds is 0. The molecule has 0 aliphatic rings. The topological polar surface area (TPSA) is 0 Å². The molecule has 9 heteroatoms. The zero-order chi connectivity index (χ0) is 3.58. The molecule has 0 atom stereocenters. The van der Waals surface area contributed by atoms with E-state index < -0.39 is 5.98 Å². The minimum atomic E-state index is -1.20. The van der Waals surface area contributed by atoms with Crippen molar-refractivity contribution in [3.63, 3.8) is 0 Å². The molecule has 0 amide bonds. The van der Waals surface area contributed by atoms with E-state index in [1.807, 2.05) is 0 Å². The van der Waals surface area contributed by atoms with Gasteiger partial charge in [0.15, 0.2) is 5.98 Å². The third kappa shape index (κ3) is 112. The molecule has 0 spiro atoms. The SMILES string of the molecule is Cl.Cl.Cl.Cl.ClP(Cl)Cl.[SiH4]. The maximum Gasteiger partial charge on any atom is 0.179 e. The summed E-state index contributed by atoms with van der Waals surface area (Å²) in [6.45, 7) is 0. The molecule has 0 saturated heterocycles. The lowest BCUT2D eigenvalue weighted by Gasteiger charge is -1.68. The maximum absolute atomic E-state index is 4.87. The fraction of sp³-hybridized carbons (Fsp3) is 0. The highest BCUT2D eigenvalue weighted by Crippen LogP contribution is 2.51. The van der Waals surface area contributed by atoms with E-state index in [4.69, 9.17) is 33.7 Å². The first-order chi connectivity index (χ1) is 1.73. The highest BCUT2D eigenvalue weighted by molar-refractivity contribution is 8.20. The second kappa shape index (κ2) is 31.0. The van der Waals surface area contributed by atoms with Gasteiger partial charge in [0.1, 0.15) is 0 Å². The van der Waals surface area contributed by atoms with Crippen LogP contribution in [0.1, 0.15) is 0 Å². The van der Waals surface area contributed by atoms with Crippen LogP contribution in [0.5, 0.6) is 0 Å². The Bertz CT molecular complexity index is 13.6. The minimum absolute atomic E-state index is 0. The van der Waals surface area contributed by atoms with Gasteiger partial charge in [-0.15, -0.1) is 49.6 Å². The van der Waals surface area contributed by atoms with Gasteiger partial charge in [0.05, 0.1) is 0 Å². The van der Waals surface area contributed by atoms with Crippen LogP contribution in [0, 0.1) is 0 Å². The molecule has 0 aromatic heterocycles. The van der Waals surface area contributed by atoms with Gasteiger partial charge in [-0.1, -0.05) is 33.7 Å². The Labute approximate surface area is 99.5 Å². The molecule has 9 heavy (non-hydrogen) atoms. The summed E-state index contributed by atoms with van der Waals surface area (Å²) in [6, 6.07) is 0. The molecule has 0 bridgehead atoms. The lowest BCUT2D eigenvalue weighted by molar-refractivity contribution is 4.58. The normalized spacial score (nSPS) is 4.00. The molecule has 0 saturated carbocycles. The smallest absolute Gasteiger partial charge is 0.147 e. The monoisotopic (exact) mass is 312 g/mol. The van der Waals surface area contributed by atoms with Gasteiger partial charge in [-0.05, 0) is 11.0 Å². The average Bonchev–Trinajstić information content (AvgIpc) is 0.811. The van der Waals surface area contributed by atoms with E-state index in [1.165, 1.54) is 0 Å². The zero-order valence-electron chi connectivity index (χ0n) is 3.21. The summed E-state index contributed by atoms with van der Waals surface area (Å²) in [4.78, 5) is 0. The summed E-state index contributed by atoms with van der Waals surface area (Å²) < 4.78 is 0. The molecule has 0 N–H and O–H groups in total. The summed E-state index contributed by atoms with van der Waals surface area (Å²) in [5.74, 6) is -1.20. The Hall–Kier alpha value is 2.68. The zero-order valence-corrected chi connectivity index (χ0v) is 9.64. The lowest BCUT2D eigenvalue weighted by atomic mass is 28.1. The van der Waals surface area contributed by atoms with Crippen LogP contribution in [0.3, 0.4) is 0 Å². The van der Waals surface area contributed by atoms with E-state index in [-0.39, 0.29) is 60.6 Å². The van der Waals surface area contributed by atoms with Crippen LogP contribution in [0.25, 0.3) is 0 Å². The van der Waals surface area contributed by atoms with Crippen molar-refractivity contribution in [3.05, 3.63) is 0 Å². The highest BCUT2D eigenvalue weighted by atomic mass is 36.0. The van der Waals surface area contributed by atoms with E-state index in [9.17, 15) is 0 Å². The molecule has 0 aliphatic carbocycles. The largest absolute Gasteiger partial charge is 0.179 e. The van der Waals surface area contributed by atoms with E-state index >= 15 is 0 Å². The van der Waals surface area contributed by atoms with E-state index in [0.29, 0.717) is 0 Å².